The lowest BCUT2D eigenvalue weighted by Gasteiger charge is -2.15. The molecule has 0 fully saturated rings. The zero-order chi connectivity index (χ0) is 14.5. The number of hydrogen-bond donors (Lipinski definition) is 2. The quantitative estimate of drug-likeness (QED) is 0.776. The molecule has 1 unspecified atom stereocenters. The molecular formula is C12H18BrNO3S2. The van der Waals surface area contributed by atoms with Gasteiger partial charge in [0.2, 0.25) is 10.0 Å². The lowest BCUT2D eigenvalue weighted by atomic mass is 10.2. The van der Waals surface area contributed by atoms with Gasteiger partial charge in [-0.3, -0.25) is 0 Å². The second-order valence-electron chi connectivity index (χ2n) is 4.23. The third kappa shape index (κ3) is 5.07. The molecule has 0 saturated heterocycles. The van der Waals surface area contributed by atoms with Gasteiger partial charge in [-0.15, -0.1) is 0 Å². The summed E-state index contributed by atoms with van der Waals surface area (Å²) in [6, 6.07) is 4.61. The molecule has 1 aromatic rings. The van der Waals surface area contributed by atoms with Gasteiger partial charge in [0.25, 0.3) is 0 Å². The van der Waals surface area contributed by atoms with Crippen molar-refractivity contribution in [1.29, 1.82) is 0 Å². The van der Waals surface area contributed by atoms with E-state index in [0.29, 0.717) is 10.0 Å². The fraction of sp³-hybridized carbons (Fsp3) is 0.500. The summed E-state index contributed by atoms with van der Waals surface area (Å²) in [6.07, 6.45) is 2.78. The Hall–Kier alpha value is -0.0800. The molecule has 4 nitrogen and oxygen atoms in total. The highest BCUT2D eigenvalue weighted by atomic mass is 79.9. The van der Waals surface area contributed by atoms with Crippen molar-refractivity contribution in [3.05, 3.63) is 28.2 Å². The monoisotopic (exact) mass is 367 g/mol. The Labute approximate surface area is 127 Å². The van der Waals surface area contributed by atoms with Crippen LogP contribution in [0.3, 0.4) is 0 Å². The topological polar surface area (TPSA) is 66.4 Å². The summed E-state index contributed by atoms with van der Waals surface area (Å²) in [7, 11) is -3.53. The summed E-state index contributed by atoms with van der Waals surface area (Å²) in [4.78, 5) is 0.195. The summed E-state index contributed by atoms with van der Waals surface area (Å²) < 4.78 is 27.5. The molecule has 0 aliphatic heterocycles. The Morgan fingerprint density at radius 1 is 1.47 bits per heavy atom. The molecule has 0 amide bonds. The molecular weight excluding hydrogens is 350 g/mol. The molecule has 7 heteroatoms. The fourth-order valence-electron chi connectivity index (χ4n) is 1.54. The summed E-state index contributed by atoms with van der Waals surface area (Å²) in [5.74, 6) is 0.911. The van der Waals surface area contributed by atoms with Crippen molar-refractivity contribution in [2.75, 3.05) is 12.0 Å². The van der Waals surface area contributed by atoms with Crippen molar-refractivity contribution >= 4 is 37.7 Å². The predicted molar refractivity (Wildman–Crippen MR) is 82.8 cm³/mol. The molecule has 1 rings (SSSR count). The Kier molecular flexibility index (Phi) is 6.82. The minimum absolute atomic E-state index is 0.109. The van der Waals surface area contributed by atoms with Gasteiger partial charge in [0.1, 0.15) is 0 Å². The second-order valence-corrected chi connectivity index (χ2v) is 7.75. The predicted octanol–water partition coefficient (Wildman–Crippen LogP) is 2.36. The molecule has 0 radical (unpaired) electrons. The SMILES string of the molecule is CSCCC(C)NS(=O)(=O)c1ccc(CO)cc1Br. The lowest BCUT2D eigenvalue weighted by Crippen LogP contribution is -2.33. The van der Waals surface area contributed by atoms with Crippen LogP contribution in [0.25, 0.3) is 0 Å². The first-order chi connectivity index (χ1) is 8.90. The number of halogens is 1. The molecule has 0 aliphatic carbocycles. The molecule has 19 heavy (non-hydrogen) atoms. The van der Waals surface area contributed by atoms with Crippen LogP contribution < -0.4 is 4.72 Å². The maximum absolute atomic E-state index is 12.2. The second kappa shape index (κ2) is 7.64. The van der Waals surface area contributed by atoms with Crippen molar-refractivity contribution < 1.29 is 13.5 Å². The van der Waals surface area contributed by atoms with E-state index in [2.05, 4.69) is 20.7 Å². The molecule has 108 valence electrons. The van der Waals surface area contributed by atoms with Gasteiger partial charge in [0, 0.05) is 10.5 Å². The zero-order valence-corrected chi connectivity index (χ0v) is 14.1. The van der Waals surface area contributed by atoms with Gasteiger partial charge in [-0.25, -0.2) is 13.1 Å². The van der Waals surface area contributed by atoms with Gasteiger partial charge in [0.05, 0.1) is 11.5 Å². The third-order valence-corrected chi connectivity index (χ3v) is 5.79. The highest BCUT2D eigenvalue weighted by Gasteiger charge is 2.20. The van der Waals surface area contributed by atoms with Crippen LogP contribution in [0.5, 0.6) is 0 Å². The molecule has 0 bridgehead atoms. The van der Waals surface area contributed by atoms with Crippen molar-refractivity contribution in [3.63, 3.8) is 0 Å². The molecule has 1 aromatic carbocycles. The first-order valence-corrected chi connectivity index (χ1v) is 9.48. The largest absolute Gasteiger partial charge is 0.392 e. The number of aliphatic hydroxyl groups is 1. The molecule has 1 atom stereocenters. The Balaban J connectivity index is 2.88. The normalized spacial score (nSPS) is 13.5. The van der Waals surface area contributed by atoms with Crippen LogP contribution in [0.1, 0.15) is 18.9 Å². The van der Waals surface area contributed by atoms with Gasteiger partial charge in [-0.1, -0.05) is 6.07 Å². The van der Waals surface area contributed by atoms with Gasteiger partial charge >= 0.3 is 0 Å². The van der Waals surface area contributed by atoms with Crippen LogP contribution in [-0.4, -0.2) is 31.6 Å². The average molecular weight is 368 g/mol. The number of sulfonamides is 1. The maximum Gasteiger partial charge on any atom is 0.241 e. The molecule has 0 aromatic heterocycles. The Bertz CT molecular complexity index is 520. The van der Waals surface area contributed by atoms with Crippen LogP contribution in [0.2, 0.25) is 0 Å². The molecule has 0 saturated carbocycles. The van der Waals surface area contributed by atoms with Crippen LogP contribution >= 0.6 is 27.7 Å². The maximum atomic E-state index is 12.2. The van der Waals surface area contributed by atoms with E-state index in [1.807, 2.05) is 13.2 Å². The van der Waals surface area contributed by atoms with Crippen LogP contribution in [0, 0.1) is 0 Å². The number of nitrogens with one attached hydrogen (secondary N) is 1. The van der Waals surface area contributed by atoms with Crippen LogP contribution in [-0.2, 0) is 16.6 Å². The van der Waals surface area contributed by atoms with E-state index in [0.717, 1.165) is 12.2 Å². The lowest BCUT2D eigenvalue weighted by molar-refractivity contribution is 0.281. The summed E-state index contributed by atoms with van der Waals surface area (Å²) in [5.41, 5.74) is 0.668. The van der Waals surface area contributed by atoms with E-state index >= 15 is 0 Å². The number of benzene rings is 1. The average Bonchev–Trinajstić information content (AvgIpc) is 2.35. The Morgan fingerprint density at radius 2 is 2.16 bits per heavy atom. The smallest absolute Gasteiger partial charge is 0.241 e. The van der Waals surface area contributed by atoms with E-state index in [9.17, 15) is 8.42 Å². The summed E-state index contributed by atoms with van der Waals surface area (Å²) >= 11 is 4.92. The van der Waals surface area contributed by atoms with Crippen molar-refractivity contribution in [3.8, 4) is 0 Å². The highest BCUT2D eigenvalue weighted by Crippen LogP contribution is 2.23. The number of rotatable bonds is 7. The van der Waals surface area contributed by atoms with E-state index in [4.69, 9.17) is 5.11 Å². The van der Waals surface area contributed by atoms with Crippen molar-refractivity contribution in [2.45, 2.75) is 30.9 Å². The Morgan fingerprint density at radius 3 is 2.68 bits per heavy atom. The molecule has 2 N–H and O–H groups in total. The molecule has 0 aliphatic rings. The first kappa shape index (κ1) is 17.0. The molecule has 0 heterocycles. The highest BCUT2D eigenvalue weighted by molar-refractivity contribution is 9.10. The number of thioether (sulfide) groups is 1. The minimum atomic E-state index is -3.53. The summed E-state index contributed by atoms with van der Waals surface area (Å²) in [5, 5.41) is 9.01. The van der Waals surface area contributed by atoms with Crippen LogP contribution in [0.4, 0.5) is 0 Å². The van der Waals surface area contributed by atoms with Gasteiger partial charge in [-0.05, 0) is 59.0 Å². The van der Waals surface area contributed by atoms with E-state index < -0.39 is 10.0 Å². The van der Waals surface area contributed by atoms with Gasteiger partial charge in [-0.2, -0.15) is 11.8 Å². The minimum Gasteiger partial charge on any atom is -0.392 e. The number of aliphatic hydroxyl groups excluding tert-OH is 1. The van der Waals surface area contributed by atoms with Crippen molar-refractivity contribution in [1.82, 2.24) is 4.72 Å². The first-order valence-electron chi connectivity index (χ1n) is 5.81. The van der Waals surface area contributed by atoms with E-state index in [1.165, 1.54) is 6.07 Å². The molecule has 0 spiro atoms. The van der Waals surface area contributed by atoms with E-state index in [-0.39, 0.29) is 17.5 Å². The van der Waals surface area contributed by atoms with E-state index in [1.54, 1.807) is 23.9 Å². The van der Waals surface area contributed by atoms with Crippen LogP contribution in [0.15, 0.2) is 27.6 Å². The zero-order valence-electron chi connectivity index (χ0n) is 10.9. The third-order valence-electron chi connectivity index (χ3n) is 2.58. The van der Waals surface area contributed by atoms with Crippen molar-refractivity contribution in [2.24, 2.45) is 0 Å². The number of hydrogen-bond acceptors (Lipinski definition) is 4. The summed E-state index contributed by atoms with van der Waals surface area (Å²) in [6.45, 7) is 1.74. The standard InChI is InChI=1S/C12H18BrNO3S2/c1-9(5-6-18-2)14-19(16,17)12-4-3-10(8-15)7-11(12)13/h3-4,7,9,14-15H,5-6,8H2,1-2H3. The fourth-order valence-corrected chi connectivity index (χ4v) is 4.53. The van der Waals surface area contributed by atoms with Gasteiger partial charge < -0.3 is 5.11 Å². The van der Waals surface area contributed by atoms with Gasteiger partial charge in [0.15, 0.2) is 0 Å².